The highest BCUT2D eigenvalue weighted by atomic mass is 32.1. The summed E-state index contributed by atoms with van der Waals surface area (Å²) in [5.74, 6) is 4.90. The molecule has 19 heavy (non-hydrogen) atoms. The van der Waals surface area contributed by atoms with Crippen LogP contribution in [-0.4, -0.2) is 35.1 Å². The molecule has 0 spiro atoms. The molecule has 1 amide bonds. The second kappa shape index (κ2) is 7.00. The molecule has 1 aliphatic heterocycles. The van der Waals surface area contributed by atoms with Crippen LogP contribution in [0.4, 0.5) is 0 Å². The van der Waals surface area contributed by atoms with Crippen LogP contribution < -0.4 is 11.3 Å². The predicted molar refractivity (Wildman–Crippen MR) is 75.7 cm³/mol. The molecule has 1 aliphatic rings. The first-order valence-electron chi connectivity index (χ1n) is 6.69. The lowest BCUT2D eigenvalue weighted by molar-refractivity contribution is 0.0957. The van der Waals surface area contributed by atoms with E-state index >= 15 is 0 Å². The first-order chi connectivity index (χ1) is 9.24. The standard InChI is InChI=1S/C13H21N3O2S/c14-15-13(18)12-6-5-11(19-12)9-16-7-1-3-10(16)4-2-8-17/h5-6,10,17H,1-4,7-9,14H2,(H,15,18). The molecule has 0 bridgehead atoms. The van der Waals surface area contributed by atoms with Crippen molar-refractivity contribution < 1.29 is 9.90 Å². The lowest BCUT2D eigenvalue weighted by Crippen LogP contribution is -2.29. The van der Waals surface area contributed by atoms with Gasteiger partial charge >= 0.3 is 0 Å². The van der Waals surface area contributed by atoms with Crippen molar-refractivity contribution in [3.8, 4) is 0 Å². The van der Waals surface area contributed by atoms with Gasteiger partial charge in [0, 0.05) is 24.1 Å². The number of carbonyl (C=O) groups excluding carboxylic acids is 1. The molecule has 0 radical (unpaired) electrons. The number of aliphatic hydroxyl groups excluding tert-OH is 1. The van der Waals surface area contributed by atoms with Crippen molar-refractivity contribution in [2.75, 3.05) is 13.2 Å². The van der Waals surface area contributed by atoms with Gasteiger partial charge in [-0.2, -0.15) is 0 Å². The van der Waals surface area contributed by atoms with Gasteiger partial charge in [0.2, 0.25) is 0 Å². The van der Waals surface area contributed by atoms with Crippen LogP contribution in [0.2, 0.25) is 0 Å². The zero-order chi connectivity index (χ0) is 13.7. The molecule has 0 aliphatic carbocycles. The van der Waals surface area contributed by atoms with Gasteiger partial charge in [0.05, 0.1) is 4.88 Å². The number of nitrogen functional groups attached to an aromatic ring is 1. The van der Waals surface area contributed by atoms with Crippen molar-refractivity contribution in [1.29, 1.82) is 0 Å². The normalized spacial score (nSPS) is 19.8. The summed E-state index contributed by atoms with van der Waals surface area (Å²) in [4.78, 5) is 15.7. The lowest BCUT2D eigenvalue weighted by Gasteiger charge is -2.23. The number of hydrogen-bond donors (Lipinski definition) is 3. The quantitative estimate of drug-likeness (QED) is 0.415. The molecule has 106 valence electrons. The summed E-state index contributed by atoms with van der Waals surface area (Å²) >= 11 is 1.50. The maximum absolute atomic E-state index is 11.4. The third-order valence-electron chi connectivity index (χ3n) is 3.57. The van der Waals surface area contributed by atoms with Gasteiger partial charge < -0.3 is 5.11 Å². The summed E-state index contributed by atoms with van der Waals surface area (Å²) in [5, 5.41) is 8.92. The van der Waals surface area contributed by atoms with E-state index in [1.54, 1.807) is 0 Å². The minimum Gasteiger partial charge on any atom is -0.396 e. The van der Waals surface area contributed by atoms with Gasteiger partial charge in [-0.25, -0.2) is 5.84 Å². The average molecular weight is 283 g/mol. The van der Waals surface area contributed by atoms with Gasteiger partial charge in [0.1, 0.15) is 0 Å². The SMILES string of the molecule is NNC(=O)c1ccc(CN2CCCC2CCCO)s1. The van der Waals surface area contributed by atoms with Gasteiger partial charge in [-0.15, -0.1) is 11.3 Å². The number of nitrogens with one attached hydrogen (secondary N) is 1. The van der Waals surface area contributed by atoms with Crippen molar-refractivity contribution in [1.82, 2.24) is 10.3 Å². The minimum atomic E-state index is -0.227. The van der Waals surface area contributed by atoms with Crippen molar-refractivity contribution in [3.05, 3.63) is 21.9 Å². The topological polar surface area (TPSA) is 78.6 Å². The van der Waals surface area contributed by atoms with E-state index in [0.717, 1.165) is 25.9 Å². The Balaban J connectivity index is 1.92. The van der Waals surface area contributed by atoms with Crippen LogP contribution in [-0.2, 0) is 6.54 Å². The molecular formula is C13H21N3O2S. The van der Waals surface area contributed by atoms with E-state index in [9.17, 15) is 4.79 Å². The molecule has 1 aromatic heterocycles. The Morgan fingerprint density at radius 1 is 1.58 bits per heavy atom. The molecule has 1 fully saturated rings. The molecule has 2 heterocycles. The summed E-state index contributed by atoms with van der Waals surface area (Å²) in [6.45, 7) is 2.26. The molecule has 0 saturated carbocycles. The van der Waals surface area contributed by atoms with Crippen molar-refractivity contribution >= 4 is 17.2 Å². The molecule has 0 aromatic carbocycles. The Bertz CT molecular complexity index is 422. The molecular weight excluding hydrogens is 262 g/mol. The van der Waals surface area contributed by atoms with Crippen LogP contribution in [0.1, 0.15) is 40.2 Å². The number of likely N-dealkylation sites (tertiary alicyclic amines) is 1. The van der Waals surface area contributed by atoms with Crippen molar-refractivity contribution in [2.45, 2.75) is 38.3 Å². The molecule has 1 atom stereocenters. The largest absolute Gasteiger partial charge is 0.396 e. The van der Waals surface area contributed by atoms with E-state index in [-0.39, 0.29) is 12.5 Å². The summed E-state index contributed by atoms with van der Waals surface area (Å²) < 4.78 is 0. The molecule has 1 unspecified atom stereocenters. The average Bonchev–Trinajstić information content (AvgIpc) is 3.05. The second-order valence-corrected chi connectivity index (χ2v) is 6.04. The maximum Gasteiger partial charge on any atom is 0.275 e. The maximum atomic E-state index is 11.4. The highest BCUT2D eigenvalue weighted by Gasteiger charge is 2.24. The second-order valence-electron chi connectivity index (χ2n) is 4.87. The first kappa shape index (κ1) is 14.5. The fraction of sp³-hybridized carbons (Fsp3) is 0.615. The summed E-state index contributed by atoms with van der Waals surface area (Å²) in [7, 11) is 0. The zero-order valence-corrected chi connectivity index (χ0v) is 11.8. The first-order valence-corrected chi connectivity index (χ1v) is 7.51. The number of nitrogens with two attached hydrogens (primary N) is 1. The number of thiophene rings is 1. The monoisotopic (exact) mass is 283 g/mol. The number of rotatable bonds is 6. The van der Waals surface area contributed by atoms with Crippen LogP contribution in [0.15, 0.2) is 12.1 Å². The van der Waals surface area contributed by atoms with Gasteiger partial charge in [-0.1, -0.05) is 0 Å². The third-order valence-corrected chi connectivity index (χ3v) is 4.64. The van der Waals surface area contributed by atoms with Gasteiger partial charge in [-0.05, 0) is 44.4 Å². The highest BCUT2D eigenvalue weighted by molar-refractivity contribution is 7.14. The fourth-order valence-electron chi connectivity index (χ4n) is 2.61. The molecule has 1 aromatic rings. The van der Waals surface area contributed by atoms with Crippen LogP contribution >= 0.6 is 11.3 Å². The van der Waals surface area contributed by atoms with Crippen LogP contribution in [0.5, 0.6) is 0 Å². The highest BCUT2D eigenvalue weighted by Crippen LogP contribution is 2.26. The Labute approximate surface area is 117 Å². The van der Waals surface area contributed by atoms with Crippen molar-refractivity contribution in [2.24, 2.45) is 5.84 Å². The van der Waals surface area contributed by atoms with Gasteiger partial charge in [0.25, 0.3) is 5.91 Å². The van der Waals surface area contributed by atoms with Crippen molar-refractivity contribution in [3.63, 3.8) is 0 Å². The van der Waals surface area contributed by atoms with E-state index < -0.39 is 0 Å². The lowest BCUT2D eigenvalue weighted by atomic mass is 10.1. The Morgan fingerprint density at radius 3 is 3.16 bits per heavy atom. The van der Waals surface area contributed by atoms with Gasteiger partial charge in [0.15, 0.2) is 0 Å². The van der Waals surface area contributed by atoms with E-state index in [1.165, 1.54) is 29.1 Å². The van der Waals surface area contributed by atoms with Gasteiger partial charge in [-0.3, -0.25) is 15.1 Å². The predicted octanol–water partition coefficient (Wildman–Crippen LogP) is 1.09. The third kappa shape index (κ3) is 3.76. The Morgan fingerprint density at radius 2 is 2.42 bits per heavy atom. The molecule has 6 heteroatoms. The minimum absolute atomic E-state index is 0.227. The number of hydrogen-bond acceptors (Lipinski definition) is 5. The molecule has 5 nitrogen and oxygen atoms in total. The summed E-state index contributed by atoms with van der Waals surface area (Å²) in [5.41, 5.74) is 2.16. The van der Waals surface area contributed by atoms with Crippen LogP contribution in [0, 0.1) is 0 Å². The Hall–Kier alpha value is -0.950. The molecule has 4 N–H and O–H groups in total. The smallest absolute Gasteiger partial charge is 0.275 e. The zero-order valence-electron chi connectivity index (χ0n) is 11.0. The summed E-state index contributed by atoms with van der Waals surface area (Å²) in [6.07, 6.45) is 4.35. The van der Waals surface area contributed by atoms with E-state index in [0.29, 0.717) is 10.9 Å². The van der Waals surface area contributed by atoms with E-state index in [1.807, 2.05) is 12.1 Å². The number of nitrogens with zero attached hydrogens (tertiary/aromatic N) is 1. The van der Waals surface area contributed by atoms with Crippen LogP contribution in [0.3, 0.4) is 0 Å². The summed E-state index contributed by atoms with van der Waals surface area (Å²) in [6, 6.07) is 4.39. The number of carbonyl (C=O) groups is 1. The number of amides is 1. The number of hydrazine groups is 1. The van der Waals surface area contributed by atoms with E-state index in [4.69, 9.17) is 10.9 Å². The molecule has 1 saturated heterocycles. The van der Waals surface area contributed by atoms with Crippen LogP contribution in [0.25, 0.3) is 0 Å². The Kier molecular flexibility index (Phi) is 5.33. The molecule has 2 rings (SSSR count). The van der Waals surface area contributed by atoms with E-state index in [2.05, 4.69) is 10.3 Å². The number of aliphatic hydroxyl groups is 1. The fourth-order valence-corrected chi connectivity index (χ4v) is 3.55.